The highest BCUT2D eigenvalue weighted by Crippen LogP contribution is 2.23. The van der Waals surface area contributed by atoms with Gasteiger partial charge in [0, 0.05) is 31.1 Å². The van der Waals surface area contributed by atoms with Gasteiger partial charge in [-0.05, 0) is 25.8 Å². The van der Waals surface area contributed by atoms with Crippen LogP contribution >= 0.6 is 12.4 Å². The van der Waals surface area contributed by atoms with Crippen molar-refractivity contribution in [3.8, 4) is 0 Å². The number of hydrogen-bond donors (Lipinski definition) is 1. The van der Waals surface area contributed by atoms with Gasteiger partial charge in [0.15, 0.2) is 5.78 Å². The molecule has 1 amide bonds. The second kappa shape index (κ2) is 7.75. The Kier molecular flexibility index (Phi) is 5.98. The van der Waals surface area contributed by atoms with E-state index in [-0.39, 0.29) is 35.9 Å². The van der Waals surface area contributed by atoms with Gasteiger partial charge in [-0.2, -0.15) is 0 Å². The molecule has 2 aliphatic rings. The molecule has 1 unspecified atom stereocenters. The molecular weight excluding hydrogens is 300 g/mol. The quantitative estimate of drug-likeness (QED) is 0.867. The molecule has 0 radical (unpaired) electrons. The van der Waals surface area contributed by atoms with Gasteiger partial charge in [-0.15, -0.1) is 12.4 Å². The molecule has 1 aromatic carbocycles. The number of nitrogens with zero attached hydrogens (tertiary/aromatic N) is 1. The number of benzene rings is 1. The van der Waals surface area contributed by atoms with Gasteiger partial charge in [-0.25, -0.2) is 0 Å². The second-order valence-electron chi connectivity index (χ2n) is 6.02. The third-order valence-corrected chi connectivity index (χ3v) is 4.65. The van der Waals surface area contributed by atoms with E-state index in [0.29, 0.717) is 0 Å². The lowest BCUT2D eigenvalue weighted by molar-refractivity contribution is -0.136. The number of carbonyl (C=O) groups is 2. The summed E-state index contributed by atoms with van der Waals surface area (Å²) in [5.41, 5.74) is 0.794. The zero-order valence-electron chi connectivity index (χ0n) is 12.7. The molecule has 22 heavy (non-hydrogen) atoms. The van der Waals surface area contributed by atoms with Gasteiger partial charge in [0.2, 0.25) is 5.91 Å². The molecule has 1 N–H and O–H groups in total. The smallest absolute Gasteiger partial charge is 0.227 e. The van der Waals surface area contributed by atoms with Gasteiger partial charge >= 0.3 is 0 Å². The standard InChI is InChI=1S/C17H22N2O2.ClH/c20-16(13-4-2-1-3-5-13)14-7-10-19(11-8-14)17(21)15-6-9-18-12-15;/h1-5,14-15,18H,6-12H2;1H. The molecule has 2 fully saturated rings. The predicted octanol–water partition coefficient (Wildman–Crippen LogP) is 2.14. The van der Waals surface area contributed by atoms with Gasteiger partial charge in [0.25, 0.3) is 0 Å². The Labute approximate surface area is 137 Å². The number of nitrogens with one attached hydrogen (secondary N) is 1. The molecule has 0 saturated carbocycles. The molecular formula is C17H23ClN2O2. The summed E-state index contributed by atoms with van der Waals surface area (Å²) in [6, 6.07) is 9.49. The maximum Gasteiger partial charge on any atom is 0.227 e. The van der Waals surface area contributed by atoms with Crippen molar-refractivity contribution in [2.45, 2.75) is 19.3 Å². The normalized spacial score (nSPS) is 22.2. The fraction of sp³-hybridized carbons (Fsp3) is 0.529. The van der Waals surface area contributed by atoms with Crippen LogP contribution in [0.5, 0.6) is 0 Å². The number of likely N-dealkylation sites (tertiary alicyclic amines) is 1. The van der Waals surface area contributed by atoms with Crippen LogP contribution in [0, 0.1) is 11.8 Å². The van der Waals surface area contributed by atoms with E-state index in [1.807, 2.05) is 35.2 Å². The zero-order valence-corrected chi connectivity index (χ0v) is 13.5. The Morgan fingerprint density at radius 1 is 1.00 bits per heavy atom. The summed E-state index contributed by atoms with van der Waals surface area (Å²) in [4.78, 5) is 26.7. The second-order valence-corrected chi connectivity index (χ2v) is 6.02. The SMILES string of the molecule is Cl.O=C(c1ccccc1)C1CCN(C(=O)C2CCNC2)CC1. The van der Waals surface area contributed by atoms with Crippen LogP contribution in [0.3, 0.4) is 0 Å². The number of rotatable bonds is 3. The third kappa shape index (κ3) is 3.68. The van der Waals surface area contributed by atoms with Crippen LogP contribution in [0.4, 0.5) is 0 Å². The Hall–Kier alpha value is -1.39. The maximum atomic E-state index is 12.4. The Morgan fingerprint density at radius 2 is 1.68 bits per heavy atom. The molecule has 2 saturated heterocycles. The largest absolute Gasteiger partial charge is 0.342 e. The van der Waals surface area contributed by atoms with E-state index in [4.69, 9.17) is 0 Å². The summed E-state index contributed by atoms with van der Waals surface area (Å²) >= 11 is 0. The van der Waals surface area contributed by atoms with Crippen LogP contribution in [-0.2, 0) is 4.79 Å². The topological polar surface area (TPSA) is 49.4 Å². The van der Waals surface area contributed by atoms with Crippen molar-refractivity contribution in [2.24, 2.45) is 11.8 Å². The monoisotopic (exact) mass is 322 g/mol. The van der Waals surface area contributed by atoms with Crippen molar-refractivity contribution >= 4 is 24.1 Å². The summed E-state index contributed by atoms with van der Waals surface area (Å²) in [5.74, 6) is 0.709. The lowest BCUT2D eigenvalue weighted by Gasteiger charge is -2.33. The van der Waals surface area contributed by atoms with Gasteiger partial charge in [0.1, 0.15) is 0 Å². The van der Waals surface area contributed by atoms with E-state index in [2.05, 4.69) is 5.32 Å². The molecule has 3 rings (SSSR count). The number of ketones is 1. The summed E-state index contributed by atoms with van der Waals surface area (Å²) in [7, 11) is 0. The van der Waals surface area contributed by atoms with E-state index in [9.17, 15) is 9.59 Å². The highest BCUT2D eigenvalue weighted by Gasteiger charge is 2.32. The molecule has 4 nitrogen and oxygen atoms in total. The molecule has 0 spiro atoms. The molecule has 0 aromatic heterocycles. The lowest BCUT2D eigenvalue weighted by Crippen LogP contribution is -2.43. The van der Waals surface area contributed by atoms with Crippen molar-refractivity contribution in [3.63, 3.8) is 0 Å². The van der Waals surface area contributed by atoms with Crippen LogP contribution < -0.4 is 5.32 Å². The minimum Gasteiger partial charge on any atom is -0.342 e. The van der Waals surface area contributed by atoms with Gasteiger partial charge in [-0.1, -0.05) is 30.3 Å². The van der Waals surface area contributed by atoms with Crippen LogP contribution in [0.15, 0.2) is 30.3 Å². The Balaban J connectivity index is 0.00000176. The number of Topliss-reactive ketones (excluding diaryl/α,β-unsaturated/α-hetero) is 1. The molecule has 2 aliphatic heterocycles. The predicted molar refractivity (Wildman–Crippen MR) is 88.3 cm³/mol. The van der Waals surface area contributed by atoms with E-state index in [1.54, 1.807) is 0 Å². The number of carbonyl (C=O) groups excluding carboxylic acids is 2. The van der Waals surface area contributed by atoms with E-state index >= 15 is 0 Å². The summed E-state index contributed by atoms with van der Waals surface area (Å²) in [6.45, 7) is 3.19. The van der Waals surface area contributed by atoms with Gasteiger partial charge in [-0.3, -0.25) is 9.59 Å². The first-order chi connectivity index (χ1) is 10.3. The molecule has 0 bridgehead atoms. The minimum atomic E-state index is 0. The maximum absolute atomic E-state index is 12.4. The molecule has 5 heteroatoms. The fourth-order valence-electron chi connectivity index (χ4n) is 3.32. The van der Waals surface area contributed by atoms with Crippen LogP contribution in [0.25, 0.3) is 0 Å². The van der Waals surface area contributed by atoms with Crippen molar-refractivity contribution in [1.29, 1.82) is 0 Å². The first-order valence-corrected chi connectivity index (χ1v) is 7.84. The number of hydrogen-bond acceptors (Lipinski definition) is 3. The van der Waals surface area contributed by atoms with Crippen LogP contribution in [0.1, 0.15) is 29.6 Å². The van der Waals surface area contributed by atoms with Gasteiger partial charge in [0.05, 0.1) is 5.92 Å². The van der Waals surface area contributed by atoms with Crippen LogP contribution in [0.2, 0.25) is 0 Å². The number of halogens is 1. The molecule has 120 valence electrons. The fourth-order valence-corrected chi connectivity index (χ4v) is 3.32. The molecule has 1 atom stereocenters. The summed E-state index contributed by atoms with van der Waals surface area (Å²) < 4.78 is 0. The summed E-state index contributed by atoms with van der Waals surface area (Å²) in [5, 5.41) is 3.24. The molecule has 2 heterocycles. The minimum absolute atomic E-state index is 0. The van der Waals surface area contributed by atoms with Crippen molar-refractivity contribution in [3.05, 3.63) is 35.9 Å². The van der Waals surface area contributed by atoms with Crippen molar-refractivity contribution in [2.75, 3.05) is 26.2 Å². The molecule has 0 aliphatic carbocycles. The highest BCUT2D eigenvalue weighted by atomic mass is 35.5. The first kappa shape index (κ1) is 17.0. The third-order valence-electron chi connectivity index (χ3n) is 4.65. The van der Waals surface area contributed by atoms with Crippen LogP contribution in [-0.4, -0.2) is 42.8 Å². The number of piperidine rings is 1. The zero-order chi connectivity index (χ0) is 14.7. The van der Waals surface area contributed by atoms with Crippen molar-refractivity contribution < 1.29 is 9.59 Å². The first-order valence-electron chi connectivity index (χ1n) is 7.84. The molecule has 1 aromatic rings. The van der Waals surface area contributed by atoms with Gasteiger partial charge < -0.3 is 10.2 Å². The average Bonchev–Trinajstić information content (AvgIpc) is 3.09. The van der Waals surface area contributed by atoms with E-state index < -0.39 is 0 Å². The summed E-state index contributed by atoms with van der Waals surface area (Å²) in [6.07, 6.45) is 2.53. The van der Waals surface area contributed by atoms with Crippen molar-refractivity contribution in [1.82, 2.24) is 10.2 Å². The Morgan fingerprint density at radius 3 is 2.27 bits per heavy atom. The number of amides is 1. The lowest BCUT2D eigenvalue weighted by atomic mass is 9.88. The van der Waals surface area contributed by atoms with E-state index in [1.165, 1.54) is 0 Å². The van der Waals surface area contributed by atoms with E-state index in [0.717, 1.165) is 51.0 Å². The Bertz CT molecular complexity index is 507. The highest BCUT2D eigenvalue weighted by molar-refractivity contribution is 5.98. The average molecular weight is 323 g/mol.